The van der Waals surface area contributed by atoms with Crippen LogP contribution in [0.15, 0.2) is 18.3 Å². The van der Waals surface area contributed by atoms with Crippen LogP contribution < -0.4 is 5.73 Å². The maximum atomic E-state index is 12.2. The topological polar surface area (TPSA) is 59.2 Å². The van der Waals surface area contributed by atoms with Gasteiger partial charge in [0.1, 0.15) is 5.15 Å². The molecular weight excluding hydrogens is 238 g/mol. The van der Waals surface area contributed by atoms with Crippen molar-refractivity contribution in [2.45, 2.75) is 12.8 Å². The molecule has 2 rings (SSSR count). The smallest absolute Gasteiger partial charge is 0.254 e. The fraction of sp³-hybridized carbons (Fsp3) is 0.500. The van der Waals surface area contributed by atoms with Crippen LogP contribution in [0.3, 0.4) is 0 Å². The molecule has 92 valence electrons. The zero-order chi connectivity index (χ0) is 12.3. The van der Waals surface area contributed by atoms with E-state index in [2.05, 4.69) is 4.98 Å². The molecule has 0 saturated carbocycles. The van der Waals surface area contributed by atoms with Gasteiger partial charge in [-0.25, -0.2) is 4.98 Å². The Morgan fingerprint density at radius 1 is 1.65 bits per heavy atom. The Hall–Kier alpha value is -1.13. The van der Waals surface area contributed by atoms with Crippen molar-refractivity contribution in [1.82, 2.24) is 9.88 Å². The van der Waals surface area contributed by atoms with E-state index in [9.17, 15) is 4.79 Å². The van der Waals surface area contributed by atoms with Crippen molar-refractivity contribution in [3.8, 4) is 0 Å². The minimum Gasteiger partial charge on any atom is -0.338 e. The molecule has 0 aromatic carbocycles. The molecule has 1 amide bonds. The van der Waals surface area contributed by atoms with Crippen molar-refractivity contribution in [2.24, 2.45) is 11.7 Å². The number of nitrogens with zero attached hydrogens (tertiary/aromatic N) is 2. The molecule has 1 aromatic heterocycles. The number of carbonyl (C=O) groups is 1. The first-order valence-electron chi connectivity index (χ1n) is 5.81. The summed E-state index contributed by atoms with van der Waals surface area (Å²) in [5.74, 6) is 0.442. The normalized spacial score (nSPS) is 20.4. The van der Waals surface area contributed by atoms with Gasteiger partial charge in [-0.1, -0.05) is 11.6 Å². The van der Waals surface area contributed by atoms with Gasteiger partial charge in [0, 0.05) is 24.8 Å². The highest BCUT2D eigenvalue weighted by Gasteiger charge is 2.23. The summed E-state index contributed by atoms with van der Waals surface area (Å²) < 4.78 is 0. The van der Waals surface area contributed by atoms with Crippen molar-refractivity contribution in [3.63, 3.8) is 0 Å². The first kappa shape index (κ1) is 12.3. The summed E-state index contributed by atoms with van der Waals surface area (Å²) in [5, 5.41) is 0.350. The summed E-state index contributed by atoms with van der Waals surface area (Å²) >= 11 is 5.78. The lowest BCUT2D eigenvalue weighted by atomic mass is 9.98. The monoisotopic (exact) mass is 253 g/mol. The van der Waals surface area contributed by atoms with Crippen LogP contribution >= 0.6 is 11.6 Å². The molecule has 0 spiro atoms. The van der Waals surface area contributed by atoms with E-state index >= 15 is 0 Å². The number of nitrogens with two attached hydrogens (primary N) is 1. The van der Waals surface area contributed by atoms with Gasteiger partial charge < -0.3 is 10.6 Å². The van der Waals surface area contributed by atoms with E-state index in [1.807, 2.05) is 4.90 Å². The molecular formula is C12H16ClN3O. The predicted octanol–water partition coefficient (Wildman–Crippen LogP) is 1.55. The molecule has 0 aliphatic carbocycles. The van der Waals surface area contributed by atoms with Crippen molar-refractivity contribution in [2.75, 3.05) is 19.6 Å². The second-order valence-electron chi connectivity index (χ2n) is 4.36. The van der Waals surface area contributed by atoms with E-state index in [0.717, 1.165) is 25.9 Å². The Balaban J connectivity index is 2.09. The summed E-state index contributed by atoms with van der Waals surface area (Å²) in [6.07, 6.45) is 3.68. The lowest BCUT2D eigenvalue weighted by Gasteiger charge is -2.32. The predicted molar refractivity (Wildman–Crippen MR) is 66.9 cm³/mol. The van der Waals surface area contributed by atoms with Gasteiger partial charge in [-0.05, 0) is 37.4 Å². The first-order chi connectivity index (χ1) is 8.20. The summed E-state index contributed by atoms with van der Waals surface area (Å²) in [6.45, 7) is 2.19. The van der Waals surface area contributed by atoms with Gasteiger partial charge in [0.05, 0.1) is 0 Å². The van der Waals surface area contributed by atoms with E-state index in [1.165, 1.54) is 0 Å². The van der Waals surface area contributed by atoms with Crippen LogP contribution in [0.25, 0.3) is 0 Å². The van der Waals surface area contributed by atoms with Crippen molar-refractivity contribution in [1.29, 1.82) is 0 Å². The fourth-order valence-electron chi connectivity index (χ4n) is 2.16. The Morgan fingerprint density at radius 3 is 3.18 bits per heavy atom. The molecule has 1 aromatic rings. The third-order valence-corrected chi connectivity index (χ3v) is 3.32. The lowest BCUT2D eigenvalue weighted by molar-refractivity contribution is 0.0678. The highest BCUT2D eigenvalue weighted by Crippen LogP contribution is 2.18. The van der Waals surface area contributed by atoms with Crippen LogP contribution in [0.4, 0.5) is 0 Å². The van der Waals surface area contributed by atoms with Gasteiger partial charge in [-0.3, -0.25) is 4.79 Å². The average Bonchev–Trinajstić information content (AvgIpc) is 2.38. The van der Waals surface area contributed by atoms with Crippen LogP contribution in [0.2, 0.25) is 5.15 Å². The van der Waals surface area contributed by atoms with Gasteiger partial charge in [0.2, 0.25) is 0 Å². The molecule has 5 heteroatoms. The van der Waals surface area contributed by atoms with Gasteiger partial charge in [0.25, 0.3) is 5.91 Å². The SMILES string of the molecule is NCC1CCCN(C(=O)c2ccnc(Cl)c2)C1. The first-order valence-corrected chi connectivity index (χ1v) is 6.19. The molecule has 17 heavy (non-hydrogen) atoms. The molecule has 0 radical (unpaired) electrons. The number of rotatable bonds is 2. The lowest BCUT2D eigenvalue weighted by Crippen LogP contribution is -2.42. The number of hydrogen-bond acceptors (Lipinski definition) is 3. The third kappa shape index (κ3) is 2.96. The van der Waals surface area contributed by atoms with E-state index in [-0.39, 0.29) is 5.91 Å². The molecule has 0 bridgehead atoms. The van der Waals surface area contributed by atoms with Crippen LogP contribution in [0, 0.1) is 5.92 Å². The Kier molecular flexibility index (Phi) is 3.97. The van der Waals surface area contributed by atoms with E-state index in [4.69, 9.17) is 17.3 Å². The maximum absolute atomic E-state index is 12.2. The highest BCUT2D eigenvalue weighted by molar-refractivity contribution is 6.29. The summed E-state index contributed by atoms with van der Waals surface area (Å²) in [5.41, 5.74) is 6.26. The molecule has 2 heterocycles. The largest absolute Gasteiger partial charge is 0.338 e. The third-order valence-electron chi connectivity index (χ3n) is 3.11. The molecule has 1 saturated heterocycles. The van der Waals surface area contributed by atoms with Crippen molar-refractivity contribution in [3.05, 3.63) is 29.0 Å². The quantitative estimate of drug-likeness (QED) is 0.814. The fourth-order valence-corrected chi connectivity index (χ4v) is 2.33. The standard InChI is InChI=1S/C12H16ClN3O/c13-11-6-10(3-4-15-11)12(17)16-5-1-2-9(7-14)8-16/h3-4,6,9H,1-2,5,7-8,14H2. The highest BCUT2D eigenvalue weighted by atomic mass is 35.5. The van der Waals surface area contributed by atoms with Crippen LogP contribution in [0.1, 0.15) is 23.2 Å². The Morgan fingerprint density at radius 2 is 2.47 bits per heavy atom. The van der Waals surface area contributed by atoms with Gasteiger partial charge in [0.15, 0.2) is 0 Å². The zero-order valence-electron chi connectivity index (χ0n) is 9.60. The molecule has 1 aliphatic heterocycles. The number of piperidine rings is 1. The maximum Gasteiger partial charge on any atom is 0.254 e. The van der Waals surface area contributed by atoms with Gasteiger partial charge in [-0.2, -0.15) is 0 Å². The second-order valence-corrected chi connectivity index (χ2v) is 4.75. The van der Waals surface area contributed by atoms with E-state index in [1.54, 1.807) is 18.3 Å². The van der Waals surface area contributed by atoms with Crippen LogP contribution in [-0.4, -0.2) is 35.4 Å². The average molecular weight is 254 g/mol. The Bertz CT molecular complexity index is 410. The van der Waals surface area contributed by atoms with E-state index in [0.29, 0.717) is 23.2 Å². The Labute approximate surface area is 106 Å². The zero-order valence-corrected chi connectivity index (χ0v) is 10.4. The van der Waals surface area contributed by atoms with Gasteiger partial charge in [-0.15, -0.1) is 0 Å². The molecule has 1 unspecified atom stereocenters. The molecule has 2 N–H and O–H groups in total. The van der Waals surface area contributed by atoms with Crippen molar-refractivity contribution >= 4 is 17.5 Å². The number of carbonyl (C=O) groups excluding carboxylic acids is 1. The second kappa shape index (κ2) is 5.47. The summed E-state index contributed by atoms with van der Waals surface area (Å²) in [6, 6.07) is 3.30. The minimum absolute atomic E-state index is 0.0208. The molecule has 1 aliphatic rings. The van der Waals surface area contributed by atoms with Gasteiger partial charge >= 0.3 is 0 Å². The number of likely N-dealkylation sites (tertiary alicyclic amines) is 1. The number of halogens is 1. The number of pyridine rings is 1. The molecule has 1 atom stereocenters. The van der Waals surface area contributed by atoms with Crippen molar-refractivity contribution < 1.29 is 4.79 Å². The summed E-state index contributed by atoms with van der Waals surface area (Å²) in [4.78, 5) is 17.9. The number of aromatic nitrogens is 1. The number of amides is 1. The number of hydrogen-bond donors (Lipinski definition) is 1. The van der Waals surface area contributed by atoms with Crippen LogP contribution in [0.5, 0.6) is 0 Å². The van der Waals surface area contributed by atoms with E-state index < -0.39 is 0 Å². The minimum atomic E-state index is 0.0208. The molecule has 1 fully saturated rings. The van der Waals surface area contributed by atoms with Crippen LogP contribution in [-0.2, 0) is 0 Å². The summed E-state index contributed by atoms with van der Waals surface area (Å²) in [7, 11) is 0. The molecule has 4 nitrogen and oxygen atoms in total.